The summed E-state index contributed by atoms with van der Waals surface area (Å²) < 4.78 is 86.2. The van der Waals surface area contributed by atoms with E-state index in [2.05, 4.69) is 27.4 Å². The molecule has 46 heavy (non-hydrogen) atoms. The molecule has 11 nitrogen and oxygen atoms in total. The van der Waals surface area contributed by atoms with Crippen LogP contribution in [0, 0.1) is 23.2 Å². The summed E-state index contributed by atoms with van der Waals surface area (Å²) in [4.78, 5) is 42.8. The number of carbonyl (C=O) groups excluding carboxylic acids is 2. The highest BCUT2D eigenvalue weighted by Crippen LogP contribution is 2.43. The van der Waals surface area contributed by atoms with Gasteiger partial charge in [0.25, 0.3) is 5.91 Å². The zero-order valence-corrected chi connectivity index (χ0v) is 25.0. The van der Waals surface area contributed by atoms with Gasteiger partial charge in [-0.3, -0.25) is 19.1 Å². The SMILES string of the molecule is CCn1nccc1C(=O)N[C@H](c1cn2nc(CC3(C(=O)O)C[C@@H](C(F)(F)F)CNC3=O)c(C(F)(F)F)cc2n1)C1CCC(C)CC1. The number of rotatable bonds is 8. The first-order valence-electron chi connectivity index (χ1n) is 14.9. The topological polar surface area (TPSA) is 144 Å². The van der Waals surface area contributed by atoms with E-state index in [0.29, 0.717) is 31.4 Å². The van der Waals surface area contributed by atoms with Crippen LogP contribution in [0.4, 0.5) is 26.3 Å². The molecule has 0 bridgehead atoms. The number of fused-ring (bicyclic) bond motifs is 1. The maximum Gasteiger partial charge on any atom is 0.418 e. The lowest BCUT2D eigenvalue weighted by Crippen LogP contribution is -2.57. The molecule has 1 saturated carbocycles. The van der Waals surface area contributed by atoms with Crippen LogP contribution in [0.1, 0.15) is 79.4 Å². The molecule has 2 amide bonds. The van der Waals surface area contributed by atoms with Crippen molar-refractivity contribution < 1.29 is 45.8 Å². The predicted octanol–water partition coefficient (Wildman–Crippen LogP) is 4.57. The van der Waals surface area contributed by atoms with E-state index in [4.69, 9.17) is 0 Å². The van der Waals surface area contributed by atoms with Crippen LogP contribution >= 0.6 is 0 Å². The summed E-state index contributed by atoms with van der Waals surface area (Å²) in [5, 5.41) is 22.9. The molecule has 1 unspecified atom stereocenters. The lowest BCUT2D eigenvalue weighted by atomic mass is 9.71. The van der Waals surface area contributed by atoms with Crippen molar-refractivity contribution in [1.29, 1.82) is 0 Å². The smallest absolute Gasteiger partial charge is 0.418 e. The van der Waals surface area contributed by atoms with Crippen LogP contribution in [0.3, 0.4) is 0 Å². The third-order valence-electron chi connectivity index (χ3n) is 9.12. The number of alkyl halides is 6. The summed E-state index contributed by atoms with van der Waals surface area (Å²) in [5.41, 5.74) is -5.02. The molecule has 250 valence electrons. The second-order valence-corrected chi connectivity index (χ2v) is 12.2. The molecule has 0 aromatic carbocycles. The number of hydrogen-bond acceptors (Lipinski definition) is 6. The molecule has 17 heteroatoms. The van der Waals surface area contributed by atoms with Gasteiger partial charge in [0, 0.05) is 25.7 Å². The highest BCUT2D eigenvalue weighted by molar-refractivity contribution is 6.02. The van der Waals surface area contributed by atoms with Gasteiger partial charge in [-0.15, -0.1) is 0 Å². The Labute approximate surface area is 258 Å². The quantitative estimate of drug-likeness (QED) is 0.238. The largest absolute Gasteiger partial charge is 0.480 e. The highest BCUT2D eigenvalue weighted by Gasteiger charge is 2.57. The number of carboxylic acid groups (broad SMARTS) is 1. The number of aliphatic carboxylic acids is 1. The number of nitrogens with one attached hydrogen (secondary N) is 2. The Morgan fingerprint density at radius 3 is 2.48 bits per heavy atom. The fourth-order valence-electron chi connectivity index (χ4n) is 6.45. The normalized spacial score (nSPS) is 24.9. The Kier molecular flexibility index (Phi) is 8.81. The number of nitrogens with zero attached hydrogens (tertiary/aromatic N) is 5. The first kappa shape index (κ1) is 33.2. The minimum absolute atomic E-state index is 0.120. The van der Waals surface area contributed by atoms with Crippen LogP contribution in [0.5, 0.6) is 0 Å². The molecule has 3 atom stereocenters. The van der Waals surface area contributed by atoms with E-state index < -0.39 is 78.2 Å². The number of amides is 2. The minimum Gasteiger partial charge on any atom is -0.480 e. The van der Waals surface area contributed by atoms with Crippen LogP contribution in [-0.4, -0.2) is 60.0 Å². The molecule has 0 spiro atoms. The summed E-state index contributed by atoms with van der Waals surface area (Å²) >= 11 is 0. The maximum absolute atomic E-state index is 14.3. The lowest BCUT2D eigenvalue weighted by molar-refractivity contribution is -0.194. The molecule has 5 rings (SSSR count). The molecule has 3 N–H and O–H groups in total. The first-order valence-corrected chi connectivity index (χ1v) is 14.9. The van der Waals surface area contributed by atoms with Gasteiger partial charge in [0.05, 0.1) is 35.1 Å². The van der Waals surface area contributed by atoms with Gasteiger partial charge in [-0.05, 0) is 50.2 Å². The standard InChI is InChI=1S/C29H33F6N7O4/c1-3-41-21(8-9-37-41)24(43)39-23(16-6-4-15(2)5-7-16)20-14-42-22(38-20)10-18(29(33,34)35)19(40-42)12-27(26(45)46)11-17(28(30,31)32)13-36-25(27)44/h8-10,14-17,23H,3-7,11-13H2,1-2H3,(H,36,44)(H,39,43)(H,45,46)/t15?,16?,17-,23+,27?/m1/s1. The van der Waals surface area contributed by atoms with E-state index in [9.17, 15) is 45.8 Å². The molecule has 3 aromatic heterocycles. The molecule has 1 saturated heterocycles. The van der Waals surface area contributed by atoms with Crippen LogP contribution in [-0.2, 0) is 28.7 Å². The Hall–Kier alpha value is -4.18. The average Bonchev–Trinajstić information content (AvgIpc) is 3.63. The highest BCUT2D eigenvalue weighted by atomic mass is 19.4. The molecule has 3 aromatic rings. The van der Waals surface area contributed by atoms with Crippen molar-refractivity contribution in [3.8, 4) is 0 Å². The van der Waals surface area contributed by atoms with Gasteiger partial charge in [0.1, 0.15) is 5.69 Å². The summed E-state index contributed by atoms with van der Waals surface area (Å²) in [7, 11) is 0. The van der Waals surface area contributed by atoms with Gasteiger partial charge in [0.15, 0.2) is 11.1 Å². The number of piperidine rings is 1. The zero-order valence-electron chi connectivity index (χ0n) is 25.0. The predicted molar refractivity (Wildman–Crippen MR) is 148 cm³/mol. The van der Waals surface area contributed by atoms with Crippen LogP contribution < -0.4 is 10.6 Å². The fraction of sp³-hybridized carbons (Fsp3) is 0.586. The molecular weight excluding hydrogens is 624 g/mol. The summed E-state index contributed by atoms with van der Waals surface area (Å²) in [6, 6.07) is 1.42. The van der Waals surface area contributed by atoms with Crippen LogP contribution in [0.15, 0.2) is 24.5 Å². The van der Waals surface area contributed by atoms with Gasteiger partial charge < -0.3 is 15.7 Å². The third kappa shape index (κ3) is 6.40. The summed E-state index contributed by atoms with van der Waals surface area (Å²) in [6.07, 6.45) is -6.62. The molecule has 1 aliphatic heterocycles. The maximum atomic E-state index is 14.3. The number of aromatic nitrogens is 5. The number of imidazole rings is 1. The van der Waals surface area contributed by atoms with E-state index in [0.717, 1.165) is 17.4 Å². The van der Waals surface area contributed by atoms with Crippen molar-refractivity contribution >= 4 is 23.4 Å². The van der Waals surface area contributed by atoms with Crippen molar-refractivity contribution in [2.24, 2.45) is 23.2 Å². The first-order chi connectivity index (χ1) is 21.5. The Morgan fingerprint density at radius 1 is 1.17 bits per heavy atom. The van der Waals surface area contributed by atoms with Crippen molar-refractivity contribution in [3.63, 3.8) is 0 Å². The summed E-state index contributed by atoms with van der Waals surface area (Å²) in [5.74, 6) is -5.75. The molecule has 2 fully saturated rings. The number of halogens is 6. The molecule has 1 aliphatic carbocycles. The van der Waals surface area contributed by atoms with Gasteiger partial charge in [-0.1, -0.05) is 19.8 Å². The van der Waals surface area contributed by atoms with E-state index in [-0.39, 0.29) is 23.0 Å². The van der Waals surface area contributed by atoms with E-state index in [1.165, 1.54) is 23.1 Å². The summed E-state index contributed by atoms with van der Waals surface area (Å²) in [6.45, 7) is 3.43. The third-order valence-corrected chi connectivity index (χ3v) is 9.12. The van der Waals surface area contributed by atoms with E-state index in [1.807, 2.05) is 12.2 Å². The molecule has 4 heterocycles. The van der Waals surface area contributed by atoms with Crippen LogP contribution in [0.25, 0.3) is 5.65 Å². The molecular formula is C29H33F6N7O4. The molecule has 0 radical (unpaired) electrons. The Balaban J connectivity index is 1.57. The number of carbonyl (C=O) groups is 3. The fourth-order valence-corrected chi connectivity index (χ4v) is 6.45. The monoisotopic (exact) mass is 657 g/mol. The zero-order chi connectivity index (χ0) is 33.6. The Bertz CT molecular complexity index is 1630. The lowest BCUT2D eigenvalue weighted by Gasteiger charge is -2.37. The molecule has 2 aliphatic rings. The van der Waals surface area contributed by atoms with Gasteiger partial charge >= 0.3 is 18.3 Å². The second kappa shape index (κ2) is 12.2. The van der Waals surface area contributed by atoms with Crippen molar-refractivity contribution in [2.75, 3.05) is 6.54 Å². The second-order valence-electron chi connectivity index (χ2n) is 12.2. The van der Waals surface area contributed by atoms with Crippen LogP contribution in [0.2, 0.25) is 0 Å². The number of aryl methyl sites for hydroxylation is 1. The number of carboxylic acids is 1. The van der Waals surface area contributed by atoms with Gasteiger partial charge in [-0.2, -0.15) is 36.5 Å². The van der Waals surface area contributed by atoms with E-state index in [1.54, 1.807) is 0 Å². The van der Waals surface area contributed by atoms with E-state index >= 15 is 0 Å². The Morgan fingerprint density at radius 2 is 1.87 bits per heavy atom. The van der Waals surface area contributed by atoms with Crippen molar-refractivity contribution in [1.82, 2.24) is 35.0 Å². The van der Waals surface area contributed by atoms with Gasteiger partial charge in [-0.25, -0.2) is 9.50 Å². The van der Waals surface area contributed by atoms with Crippen molar-refractivity contribution in [2.45, 2.75) is 77.3 Å². The average molecular weight is 658 g/mol. The minimum atomic E-state index is -5.11. The van der Waals surface area contributed by atoms with Crippen molar-refractivity contribution in [3.05, 3.63) is 47.2 Å². The number of hydrogen-bond donors (Lipinski definition) is 3. The van der Waals surface area contributed by atoms with Gasteiger partial charge in [0.2, 0.25) is 5.91 Å².